The molecule has 3 heteroatoms. The second-order valence-electron chi connectivity index (χ2n) is 8.28. The Morgan fingerprint density at radius 1 is 0.960 bits per heavy atom. The van der Waals surface area contributed by atoms with Crippen LogP contribution < -0.4 is 10.6 Å². The first-order chi connectivity index (χ1) is 12.1. The second kappa shape index (κ2) is 8.25. The van der Waals surface area contributed by atoms with Gasteiger partial charge in [0.2, 0.25) is 0 Å². The van der Waals surface area contributed by atoms with Crippen molar-refractivity contribution in [2.24, 2.45) is 4.99 Å². The van der Waals surface area contributed by atoms with Crippen molar-refractivity contribution in [3.8, 4) is 0 Å². The number of likely N-dealkylation sites (tertiary alicyclic amines) is 1. The van der Waals surface area contributed by atoms with Crippen LogP contribution in [0.25, 0.3) is 11.4 Å². The summed E-state index contributed by atoms with van der Waals surface area (Å²) in [7, 11) is 0. The fourth-order valence-electron chi connectivity index (χ4n) is 4.28. The average Bonchev–Trinajstić information content (AvgIpc) is 3.06. The summed E-state index contributed by atoms with van der Waals surface area (Å²) in [5, 5.41) is 2.62. The molecule has 3 rings (SSSR count). The molecule has 0 radical (unpaired) electrons. The first kappa shape index (κ1) is 18.3. The number of nitrogens with zero attached hydrogens (tertiary/aromatic N) is 2. The summed E-state index contributed by atoms with van der Waals surface area (Å²) >= 11 is 0. The van der Waals surface area contributed by atoms with E-state index in [4.69, 9.17) is 4.99 Å². The molecule has 1 aliphatic carbocycles. The standard InChI is InChI=1S/C22H35N3/c1-16(2)19-15-20(18-11-7-5-8-12-18)24-21(19)22(23-17(3)4)25-13-9-6-10-14-25/h15,18,24H,5-14H2,1-4H3/b22-21-. The van der Waals surface area contributed by atoms with Gasteiger partial charge in [0.25, 0.3) is 0 Å². The molecule has 0 aromatic carbocycles. The lowest BCUT2D eigenvalue weighted by atomic mass is 9.87. The molecule has 0 amide bonds. The van der Waals surface area contributed by atoms with E-state index in [0.717, 1.165) is 24.6 Å². The van der Waals surface area contributed by atoms with Crippen molar-refractivity contribution >= 4 is 17.1 Å². The van der Waals surface area contributed by atoms with Crippen LogP contribution in [0.3, 0.4) is 0 Å². The molecule has 2 heterocycles. The molecule has 1 N–H and O–H groups in total. The van der Waals surface area contributed by atoms with E-state index < -0.39 is 0 Å². The minimum Gasteiger partial charge on any atom is -0.355 e. The summed E-state index contributed by atoms with van der Waals surface area (Å²) in [5.41, 5.74) is 3.95. The number of nitrogens with one attached hydrogen (secondary N) is 1. The Bertz CT molecular complexity index is 718. The Hall–Kier alpha value is -1.51. The fraction of sp³-hybridized carbons (Fsp3) is 0.682. The van der Waals surface area contributed by atoms with Crippen molar-refractivity contribution in [1.29, 1.82) is 0 Å². The van der Waals surface area contributed by atoms with Crippen molar-refractivity contribution in [2.45, 2.75) is 85.0 Å². The summed E-state index contributed by atoms with van der Waals surface area (Å²) in [6, 6.07) is 2.42. The van der Waals surface area contributed by atoms with E-state index in [1.807, 2.05) is 0 Å². The molecule has 0 spiro atoms. The molecule has 2 fully saturated rings. The molecule has 138 valence electrons. The average molecular weight is 342 g/mol. The SMILES string of the molecule is CC(C)=N/C(=c1/[nH]c(C2CCCCC2)cc1=C(C)C)N1CCCCC1. The number of aromatic amines is 1. The van der Waals surface area contributed by atoms with Crippen LogP contribution in [0, 0.1) is 0 Å². The van der Waals surface area contributed by atoms with E-state index in [-0.39, 0.29) is 0 Å². The zero-order chi connectivity index (χ0) is 17.8. The molecule has 1 aliphatic heterocycles. The van der Waals surface area contributed by atoms with E-state index >= 15 is 0 Å². The van der Waals surface area contributed by atoms with E-state index in [9.17, 15) is 0 Å². The van der Waals surface area contributed by atoms with Crippen LogP contribution in [0.5, 0.6) is 0 Å². The summed E-state index contributed by atoms with van der Waals surface area (Å²) in [5.74, 6) is 1.87. The third-order valence-corrected chi connectivity index (χ3v) is 5.63. The van der Waals surface area contributed by atoms with Gasteiger partial charge in [-0.2, -0.15) is 0 Å². The number of rotatable bonds is 3. The van der Waals surface area contributed by atoms with Crippen molar-refractivity contribution in [3.05, 3.63) is 22.3 Å². The maximum atomic E-state index is 4.99. The van der Waals surface area contributed by atoms with Crippen molar-refractivity contribution in [2.75, 3.05) is 13.1 Å². The molecule has 1 aromatic rings. The summed E-state index contributed by atoms with van der Waals surface area (Å²) in [6.07, 6.45) is 10.7. The molecule has 3 nitrogen and oxygen atoms in total. The van der Waals surface area contributed by atoms with Gasteiger partial charge in [0, 0.05) is 29.7 Å². The number of hydrogen-bond donors (Lipinski definition) is 1. The van der Waals surface area contributed by atoms with Gasteiger partial charge in [-0.05, 0) is 71.8 Å². The molecule has 0 bridgehead atoms. The Kier molecular flexibility index (Phi) is 6.03. The van der Waals surface area contributed by atoms with E-state index in [1.54, 1.807) is 0 Å². The predicted molar refractivity (Wildman–Crippen MR) is 108 cm³/mol. The summed E-state index contributed by atoms with van der Waals surface area (Å²) < 4.78 is 0. The molecule has 1 aromatic heterocycles. The lowest BCUT2D eigenvalue weighted by molar-refractivity contribution is 0.319. The third-order valence-electron chi connectivity index (χ3n) is 5.63. The molecule has 0 atom stereocenters. The number of H-pyrrole nitrogens is 1. The molecular formula is C22H35N3. The molecular weight excluding hydrogens is 306 g/mol. The summed E-state index contributed by atoms with van der Waals surface area (Å²) in [4.78, 5) is 11.3. The highest BCUT2D eigenvalue weighted by Crippen LogP contribution is 2.30. The molecule has 2 aliphatic rings. The van der Waals surface area contributed by atoms with E-state index in [2.05, 4.69) is 43.6 Å². The van der Waals surface area contributed by atoms with Gasteiger partial charge in [-0.15, -0.1) is 0 Å². The lowest BCUT2D eigenvalue weighted by Gasteiger charge is -2.28. The molecule has 0 unspecified atom stereocenters. The van der Waals surface area contributed by atoms with Crippen molar-refractivity contribution in [1.82, 2.24) is 9.88 Å². The van der Waals surface area contributed by atoms with Gasteiger partial charge in [-0.1, -0.05) is 24.8 Å². The van der Waals surface area contributed by atoms with Crippen LogP contribution in [0.15, 0.2) is 11.1 Å². The molecule has 25 heavy (non-hydrogen) atoms. The lowest BCUT2D eigenvalue weighted by Crippen LogP contribution is -2.37. The number of aliphatic imine (C=N–C) groups is 1. The largest absolute Gasteiger partial charge is 0.355 e. The minimum atomic E-state index is 0.704. The second-order valence-corrected chi connectivity index (χ2v) is 8.28. The Morgan fingerprint density at radius 2 is 1.60 bits per heavy atom. The fourth-order valence-corrected chi connectivity index (χ4v) is 4.28. The normalized spacial score (nSPS) is 20.4. The first-order valence-corrected chi connectivity index (χ1v) is 10.2. The minimum absolute atomic E-state index is 0.704. The Balaban J connectivity index is 2.15. The number of aromatic nitrogens is 1. The molecule has 1 saturated heterocycles. The van der Waals surface area contributed by atoms with Crippen molar-refractivity contribution in [3.63, 3.8) is 0 Å². The highest BCUT2D eigenvalue weighted by molar-refractivity contribution is 5.82. The van der Waals surface area contributed by atoms with Gasteiger partial charge in [-0.3, -0.25) is 0 Å². The zero-order valence-corrected chi connectivity index (χ0v) is 16.6. The maximum absolute atomic E-state index is 4.99. The summed E-state index contributed by atoms with van der Waals surface area (Å²) in [6.45, 7) is 10.9. The number of piperidine rings is 1. The van der Waals surface area contributed by atoms with Gasteiger partial charge >= 0.3 is 0 Å². The monoisotopic (exact) mass is 341 g/mol. The van der Waals surface area contributed by atoms with Crippen LogP contribution >= 0.6 is 0 Å². The van der Waals surface area contributed by atoms with Gasteiger partial charge in [0.15, 0.2) is 5.82 Å². The van der Waals surface area contributed by atoms with Gasteiger partial charge < -0.3 is 9.88 Å². The van der Waals surface area contributed by atoms with Crippen LogP contribution in [0.4, 0.5) is 0 Å². The number of hydrogen-bond acceptors (Lipinski definition) is 2. The highest BCUT2D eigenvalue weighted by Gasteiger charge is 2.19. The smallest absolute Gasteiger partial charge is 0.152 e. The van der Waals surface area contributed by atoms with Gasteiger partial charge in [0.05, 0.1) is 5.35 Å². The van der Waals surface area contributed by atoms with E-state index in [0.29, 0.717) is 5.92 Å². The van der Waals surface area contributed by atoms with Gasteiger partial charge in [-0.25, -0.2) is 4.99 Å². The van der Waals surface area contributed by atoms with Crippen LogP contribution in [0.2, 0.25) is 0 Å². The quantitative estimate of drug-likeness (QED) is 0.817. The van der Waals surface area contributed by atoms with Crippen LogP contribution in [-0.4, -0.2) is 28.7 Å². The van der Waals surface area contributed by atoms with Crippen molar-refractivity contribution < 1.29 is 0 Å². The topological polar surface area (TPSA) is 31.4 Å². The molecule has 1 saturated carbocycles. The third kappa shape index (κ3) is 4.37. The maximum Gasteiger partial charge on any atom is 0.152 e. The first-order valence-electron chi connectivity index (χ1n) is 10.2. The van der Waals surface area contributed by atoms with E-state index in [1.165, 1.54) is 73.2 Å². The van der Waals surface area contributed by atoms with Crippen LogP contribution in [-0.2, 0) is 0 Å². The Labute approximate surface area is 152 Å². The highest BCUT2D eigenvalue weighted by atomic mass is 15.2. The van der Waals surface area contributed by atoms with Gasteiger partial charge in [0.1, 0.15) is 0 Å². The Morgan fingerprint density at radius 3 is 2.20 bits per heavy atom. The van der Waals surface area contributed by atoms with Crippen LogP contribution in [0.1, 0.15) is 90.7 Å². The predicted octanol–water partition coefficient (Wildman–Crippen LogP) is 4.29. The zero-order valence-electron chi connectivity index (χ0n) is 16.6.